The first kappa shape index (κ1) is 31.0. The first-order valence-electron chi connectivity index (χ1n) is 17.7. The summed E-state index contributed by atoms with van der Waals surface area (Å²) < 4.78 is 2.35. The highest BCUT2D eigenvalue weighted by Gasteiger charge is 2.30. The van der Waals surface area contributed by atoms with Gasteiger partial charge in [-0.3, -0.25) is 9.59 Å². The standard InChI is InChI=1S/C48H26N2O2S2/c51-45-38-20-18-34(30-10-12-32-24-36(16-14-28(32)22-30)48-50-42-6-2-4-8-44(42)54-48)26-40(38)46(52)37-19-17-33(25-39(37)45)29-9-11-31-23-35(15-13-27(31)21-29)47-49-41-5-1-3-7-43(41)53-47/h1-26H. The van der Waals surface area contributed by atoms with E-state index in [0.29, 0.717) is 22.3 Å². The van der Waals surface area contributed by atoms with Crippen molar-refractivity contribution in [1.82, 2.24) is 9.97 Å². The highest BCUT2D eigenvalue weighted by Crippen LogP contribution is 2.37. The average Bonchev–Trinajstić information content (AvgIpc) is 3.87. The Morgan fingerprint density at radius 1 is 0.333 bits per heavy atom. The largest absolute Gasteiger partial charge is 0.289 e. The maximum Gasteiger partial charge on any atom is 0.194 e. The summed E-state index contributed by atoms with van der Waals surface area (Å²) in [6.45, 7) is 0. The third-order valence-corrected chi connectivity index (χ3v) is 12.6. The number of rotatable bonds is 4. The summed E-state index contributed by atoms with van der Waals surface area (Å²) in [4.78, 5) is 37.6. The van der Waals surface area contributed by atoms with Crippen molar-refractivity contribution in [3.8, 4) is 43.4 Å². The minimum atomic E-state index is -0.129. The fraction of sp³-hybridized carbons (Fsp3) is 0. The Morgan fingerprint density at radius 2 is 0.685 bits per heavy atom. The van der Waals surface area contributed by atoms with E-state index in [1.54, 1.807) is 34.8 Å². The van der Waals surface area contributed by atoms with Gasteiger partial charge in [0.2, 0.25) is 0 Å². The third-order valence-electron chi connectivity index (χ3n) is 10.4. The predicted octanol–water partition coefficient (Wildman–Crippen LogP) is 12.7. The van der Waals surface area contributed by atoms with E-state index in [1.807, 2.05) is 60.7 Å². The fourth-order valence-electron chi connectivity index (χ4n) is 7.62. The number of hydrogen-bond acceptors (Lipinski definition) is 6. The smallest absolute Gasteiger partial charge is 0.194 e. The van der Waals surface area contributed by atoms with E-state index < -0.39 is 0 Å². The Labute approximate surface area is 317 Å². The minimum Gasteiger partial charge on any atom is -0.289 e. The van der Waals surface area contributed by atoms with Gasteiger partial charge in [0.15, 0.2) is 11.6 Å². The van der Waals surface area contributed by atoms with Crippen LogP contribution in [0.25, 0.3) is 85.4 Å². The van der Waals surface area contributed by atoms with Crippen LogP contribution in [-0.4, -0.2) is 21.5 Å². The van der Waals surface area contributed by atoms with Crippen LogP contribution in [0.1, 0.15) is 31.8 Å². The molecule has 0 fully saturated rings. The van der Waals surface area contributed by atoms with Gasteiger partial charge in [-0.1, -0.05) is 84.9 Å². The van der Waals surface area contributed by atoms with E-state index in [0.717, 1.165) is 76.0 Å². The van der Waals surface area contributed by atoms with E-state index >= 15 is 0 Å². The lowest BCUT2D eigenvalue weighted by Crippen LogP contribution is -2.21. The number of thiazole rings is 2. The molecule has 0 N–H and O–H groups in total. The molecule has 6 heteroatoms. The zero-order valence-corrected chi connectivity index (χ0v) is 30.2. The quantitative estimate of drug-likeness (QED) is 0.181. The Hall–Kier alpha value is -6.60. The number of para-hydroxylation sites is 2. The van der Waals surface area contributed by atoms with Gasteiger partial charge in [0.1, 0.15) is 10.0 Å². The van der Waals surface area contributed by atoms with Crippen molar-refractivity contribution in [3.63, 3.8) is 0 Å². The number of hydrogen-bond donors (Lipinski definition) is 0. The number of carbonyl (C=O) groups excluding carboxylic acids is 2. The number of carbonyl (C=O) groups is 2. The van der Waals surface area contributed by atoms with E-state index in [9.17, 15) is 9.59 Å². The molecule has 10 aromatic rings. The SMILES string of the molecule is O=C1c2ccc(-c3ccc4cc(-c5nc6ccccc6s5)ccc4c3)cc2C(=O)c2ccc(-c3ccc4cc(-c5nc6ccccc6s5)ccc4c3)cc21. The van der Waals surface area contributed by atoms with Gasteiger partial charge in [0.05, 0.1) is 20.4 Å². The molecular weight excluding hydrogens is 701 g/mol. The van der Waals surface area contributed by atoms with Crippen molar-refractivity contribution in [2.45, 2.75) is 0 Å². The molecule has 2 aromatic heterocycles. The maximum atomic E-state index is 14.0. The molecule has 0 radical (unpaired) electrons. The molecule has 0 saturated heterocycles. The zero-order chi connectivity index (χ0) is 35.9. The Bertz CT molecular complexity index is 2940. The van der Waals surface area contributed by atoms with Crippen LogP contribution in [0.4, 0.5) is 0 Å². The highest BCUT2D eigenvalue weighted by atomic mass is 32.1. The molecule has 2 heterocycles. The van der Waals surface area contributed by atoms with Crippen LogP contribution in [-0.2, 0) is 0 Å². The highest BCUT2D eigenvalue weighted by molar-refractivity contribution is 7.22. The lowest BCUT2D eigenvalue weighted by Gasteiger charge is -2.19. The van der Waals surface area contributed by atoms with Crippen molar-refractivity contribution in [2.24, 2.45) is 0 Å². The minimum absolute atomic E-state index is 0.129. The zero-order valence-electron chi connectivity index (χ0n) is 28.5. The van der Waals surface area contributed by atoms with Gasteiger partial charge in [-0.15, -0.1) is 22.7 Å². The molecule has 4 nitrogen and oxygen atoms in total. The molecule has 0 atom stereocenters. The summed E-state index contributed by atoms with van der Waals surface area (Å²) in [5, 5.41) is 6.42. The number of nitrogens with zero attached hydrogens (tertiary/aromatic N) is 2. The molecule has 1 aliphatic carbocycles. The predicted molar refractivity (Wildman–Crippen MR) is 223 cm³/mol. The van der Waals surface area contributed by atoms with Gasteiger partial charge < -0.3 is 0 Å². The van der Waals surface area contributed by atoms with E-state index in [1.165, 1.54) is 9.40 Å². The van der Waals surface area contributed by atoms with Crippen LogP contribution >= 0.6 is 22.7 Å². The Morgan fingerprint density at radius 3 is 1.11 bits per heavy atom. The first-order chi connectivity index (χ1) is 26.5. The summed E-state index contributed by atoms with van der Waals surface area (Å²) in [5.74, 6) is -0.259. The molecule has 0 spiro atoms. The Kier molecular flexibility index (Phi) is 6.86. The van der Waals surface area contributed by atoms with Gasteiger partial charge >= 0.3 is 0 Å². The molecule has 252 valence electrons. The number of fused-ring (bicyclic) bond motifs is 6. The number of ketones is 2. The average molecular weight is 727 g/mol. The second-order valence-electron chi connectivity index (χ2n) is 13.7. The summed E-state index contributed by atoms with van der Waals surface area (Å²) >= 11 is 3.39. The van der Waals surface area contributed by atoms with Gasteiger partial charge in [-0.05, 0) is 117 Å². The van der Waals surface area contributed by atoms with Crippen molar-refractivity contribution < 1.29 is 9.59 Å². The monoisotopic (exact) mass is 726 g/mol. The van der Waals surface area contributed by atoms with Crippen molar-refractivity contribution in [1.29, 1.82) is 0 Å². The molecule has 1 aliphatic rings. The van der Waals surface area contributed by atoms with Crippen molar-refractivity contribution >= 4 is 76.2 Å². The lowest BCUT2D eigenvalue weighted by atomic mass is 9.81. The van der Waals surface area contributed by atoms with E-state index in [2.05, 4.69) is 84.9 Å². The maximum absolute atomic E-state index is 14.0. The fourth-order valence-corrected chi connectivity index (χ4v) is 9.54. The van der Waals surface area contributed by atoms with Gasteiger partial charge in [-0.25, -0.2) is 9.97 Å². The molecule has 0 bridgehead atoms. The Balaban J connectivity index is 0.879. The van der Waals surface area contributed by atoms with E-state index in [-0.39, 0.29) is 11.6 Å². The first-order valence-corrected chi connectivity index (χ1v) is 19.3. The molecular formula is C48H26N2O2S2. The van der Waals surface area contributed by atoms with E-state index in [4.69, 9.17) is 9.97 Å². The summed E-state index contributed by atoms with van der Waals surface area (Å²) in [6, 6.07) is 53.1. The molecule has 11 rings (SSSR count). The van der Waals surface area contributed by atoms with Crippen LogP contribution in [0.15, 0.2) is 158 Å². The summed E-state index contributed by atoms with van der Waals surface area (Å²) in [7, 11) is 0. The van der Waals surface area contributed by atoms with Crippen LogP contribution in [0, 0.1) is 0 Å². The second-order valence-corrected chi connectivity index (χ2v) is 15.8. The molecule has 8 aromatic carbocycles. The molecule has 0 unspecified atom stereocenters. The van der Waals surface area contributed by atoms with Crippen LogP contribution in [0.5, 0.6) is 0 Å². The molecule has 0 amide bonds. The van der Waals surface area contributed by atoms with Gasteiger partial charge in [0, 0.05) is 33.4 Å². The van der Waals surface area contributed by atoms with Crippen LogP contribution in [0.3, 0.4) is 0 Å². The number of aromatic nitrogens is 2. The molecule has 54 heavy (non-hydrogen) atoms. The lowest BCUT2D eigenvalue weighted by molar-refractivity contribution is 0.0979. The number of benzene rings is 8. The van der Waals surface area contributed by atoms with Crippen LogP contribution in [0.2, 0.25) is 0 Å². The van der Waals surface area contributed by atoms with Gasteiger partial charge in [0.25, 0.3) is 0 Å². The van der Waals surface area contributed by atoms with Crippen LogP contribution < -0.4 is 0 Å². The topological polar surface area (TPSA) is 59.9 Å². The van der Waals surface area contributed by atoms with Crippen molar-refractivity contribution in [2.75, 3.05) is 0 Å². The van der Waals surface area contributed by atoms with Gasteiger partial charge in [-0.2, -0.15) is 0 Å². The molecule has 0 saturated carbocycles. The normalized spacial score (nSPS) is 12.5. The van der Waals surface area contributed by atoms with Crippen molar-refractivity contribution in [3.05, 3.63) is 180 Å². The molecule has 0 aliphatic heterocycles. The summed E-state index contributed by atoms with van der Waals surface area (Å²) in [5.41, 5.74) is 9.74. The second kappa shape index (κ2) is 12.0. The third kappa shape index (κ3) is 5.03. The summed E-state index contributed by atoms with van der Waals surface area (Å²) in [6.07, 6.45) is 0.